The molecule has 3 aromatic carbocycles. The minimum atomic E-state index is -0.823. The number of nitrogens with zero attached hydrogens (tertiary/aromatic N) is 3. The number of hydrogen-bond donors (Lipinski definition) is 3. The molecule has 0 spiro atoms. The molecule has 0 aliphatic heterocycles. The van der Waals surface area contributed by atoms with Crippen LogP contribution in [-0.2, 0) is 0 Å². The summed E-state index contributed by atoms with van der Waals surface area (Å²) in [5.41, 5.74) is -0.554. The Morgan fingerprint density at radius 2 is 1.27 bits per heavy atom. The maximum absolute atomic E-state index is 14.5. The summed E-state index contributed by atoms with van der Waals surface area (Å²) < 4.78 is 47.1. The topological polar surface area (TPSA) is 168 Å². The summed E-state index contributed by atoms with van der Waals surface area (Å²) in [4.78, 5) is 31.3. The second-order valence-corrected chi connectivity index (χ2v) is 8.74. The van der Waals surface area contributed by atoms with Crippen molar-refractivity contribution >= 4 is 29.3 Å². The fraction of sp³-hybridized carbons (Fsp3) is 0.207. The van der Waals surface area contributed by atoms with Crippen LogP contribution in [0.15, 0.2) is 48.5 Å². The van der Waals surface area contributed by atoms with Crippen LogP contribution in [0, 0.1) is 11.2 Å². The number of carbonyl (C=O) groups is 2. The van der Waals surface area contributed by atoms with Crippen LogP contribution >= 0.6 is 0 Å². The van der Waals surface area contributed by atoms with Gasteiger partial charge in [-0.15, -0.1) is 5.10 Å². The zero-order chi connectivity index (χ0) is 32.0. The highest BCUT2D eigenvalue weighted by atomic mass is 19.1. The molecule has 4 rings (SSSR count). The van der Waals surface area contributed by atoms with E-state index in [1.165, 1.54) is 85.1 Å². The molecule has 1 amide bonds. The van der Waals surface area contributed by atoms with E-state index in [1.54, 1.807) is 6.07 Å². The Labute approximate surface area is 250 Å². The highest BCUT2D eigenvalue weighted by Crippen LogP contribution is 2.39. The van der Waals surface area contributed by atoms with Crippen LogP contribution in [-0.4, -0.2) is 69.2 Å². The number of nitrogens with one attached hydrogen (secondary N) is 3. The van der Waals surface area contributed by atoms with Gasteiger partial charge in [-0.25, -0.2) is 4.39 Å². The van der Waals surface area contributed by atoms with Gasteiger partial charge in [0, 0.05) is 11.1 Å². The molecule has 0 unspecified atom stereocenters. The lowest BCUT2D eigenvalue weighted by atomic mass is 10.1. The molecule has 15 heteroatoms. The number of anilines is 3. The molecule has 0 aliphatic rings. The lowest BCUT2D eigenvalue weighted by Crippen LogP contribution is -2.34. The van der Waals surface area contributed by atoms with Crippen molar-refractivity contribution in [3.63, 3.8) is 0 Å². The fourth-order valence-corrected chi connectivity index (χ4v) is 4.12. The van der Waals surface area contributed by atoms with E-state index in [2.05, 4.69) is 20.7 Å². The molecule has 0 bridgehead atoms. The number of hydrogen-bond acceptors (Lipinski definition) is 12. The molecule has 0 saturated carbocycles. The van der Waals surface area contributed by atoms with Gasteiger partial charge in [0.1, 0.15) is 5.82 Å². The summed E-state index contributed by atoms with van der Waals surface area (Å²) in [7, 11) is 8.38. The van der Waals surface area contributed by atoms with Crippen LogP contribution in [0.1, 0.15) is 20.7 Å². The van der Waals surface area contributed by atoms with E-state index in [0.717, 1.165) is 0 Å². The molecule has 0 aliphatic carbocycles. The van der Waals surface area contributed by atoms with Gasteiger partial charge in [0.25, 0.3) is 11.8 Å². The summed E-state index contributed by atoms with van der Waals surface area (Å²) in [6.07, 6.45) is 0. The number of halogens is 1. The summed E-state index contributed by atoms with van der Waals surface area (Å²) in [5, 5.41) is 18.1. The molecule has 0 saturated heterocycles. The van der Waals surface area contributed by atoms with E-state index in [-0.39, 0.29) is 63.1 Å². The fourth-order valence-electron chi connectivity index (χ4n) is 4.12. The molecule has 1 heterocycles. The second kappa shape index (κ2) is 13.4. The SMILES string of the molecule is COc1cc(C(=O)Nc2nc(Nc3ccccc3F)nn(C(=O)c3cc(OC)c(OC)c(OC)c3)c2=N)cc(OC)c1OC. The third-order valence-electron chi connectivity index (χ3n) is 6.23. The zero-order valence-corrected chi connectivity index (χ0v) is 24.6. The zero-order valence-electron chi connectivity index (χ0n) is 24.6. The summed E-state index contributed by atoms with van der Waals surface area (Å²) in [6, 6.07) is 11.2. The van der Waals surface area contributed by atoms with Gasteiger partial charge in [-0.3, -0.25) is 15.0 Å². The average molecular weight is 609 g/mol. The van der Waals surface area contributed by atoms with Gasteiger partial charge < -0.3 is 39.1 Å². The summed E-state index contributed by atoms with van der Waals surface area (Å²) in [6.45, 7) is 0. The number of para-hydroxylation sites is 1. The lowest BCUT2D eigenvalue weighted by molar-refractivity contribution is 0.0934. The van der Waals surface area contributed by atoms with Gasteiger partial charge in [-0.05, 0) is 36.4 Å². The number of rotatable bonds is 11. The highest BCUT2D eigenvalue weighted by Gasteiger charge is 2.23. The minimum absolute atomic E-state index is 0.00422. The Morgan fingerprint density at radius 3 is 1.75 bits per heavy atom. The van der Waals surface area contributed by atoms with Crippen molar-refractivity contribution in [1.82, 2.24) is 14.8 Å². The standard InChI is InChI=1S/C29H29FN6O8/c1-39-19-11-15(12-20(40-2)23(19)43-5)27(37)33-26-25(31)36(35-29(34-26)32-18-10-8-7-9-17(18)30)28(38)16-13-21(41-3)24(44-6)22(14-16)42-4/h7-14,31H,1-6H3,(H2,32,33,34,35,37). The molecule has 4 aromatic rings. The molecular weight excluding hydrogens is 579 g/mol. The van der Waals surface area contributed by atoms with E-state index < -0.39 is 23.1 Å². The van der Waals surface area contributed by atoms with Crippen molar-refractivity contribution in [2.45, 2.75) is 0 Å². The van der Waals surface area contributed by atoms with Crippen molar-refractivity contribution < 1.29 is 42.4 Å². The van der Waals surface area contributed by atoms with Gasteiger partial charge in [-0.1, -0.05) is 12.1 Å². The normalized spacial score (nSPS) is 10.4. The maximum atomic E-state index is 14.5. The van der Waals surface area contributed by atoms with Crippen LogP contribution in [0.2, 0.25) is 0 Å². The molecule has 0 atom stereocenters. The van der Waals surface area contributed by atoms with Gasteiger partial charge in [-0.2, -0.15) is 9.67 Å². The van der Waals surface area contributed by atoms with Gasteiger partial charge in [0.15, 0.2) is 34.3 Å². The molecule has 0 radical (unpaired) electrons. The Hall–Kier alpha value is -5.86. The van der Waals surface area contributed by atoms with E-state index in [4.69, 9.17) is 33.8 Å². The van der Waals surface area contributed by atoms with Gasteiger partial charge in [0.2, 0.25) is 17.4 Å². The number of aromatic nitrogens is 3. The van der Waals surface area contributed by atoms with Crippen molar-refractivity contribution in [2.75, 3.05) is 53.3 Å². The van der Waals surface area contributed by atoms with Crippen LogP contribution < -0.4 is 44.5 Å². The molecule has 1 aromatic heterocycles. The van der Waals surface area contributed by atoms with Crippen molar-refractivity contribution in [3.8, 4) is 34.5 Å². The van der Waals surface area contributed by atoms with Crippen molar-refractivity contribution in [3.05, 3.63) is 71.0 Å². The highest BCUT2D eigenvalue weighted by molar-refractivity contribution is 6.05. The van der Waals surface area contributed by atoms with Crippen LogP contribution in [0.3, 0.4) is 0 Å². The lowest BCUT2D eigenvalue weighted by Gasteiger charge is -2.16. The first-order chi connectivity index (χ1) is 21.2. The third kappa shape index (κ3) is 6.16. The first-order valence-electron chi connectivity index (χ1n) is 12.7. The van der Waals surface area contributed by atoms with Crippen molar-refractivity contribution in [2.24, 2.45) is 0 Å². The smallest absolute Gasteiger partial charge is 0.280 e. The number of benzene rings is 3. The van der Waals surface area contributed by atoms with Gasteiger partial charge in [0.05, 0.1) is 48.3 Å². The van der Waals surface area contributed by atoms with Crippen LogP contribution in [0.25, 0.3) is 0 Å². The maximum Gasteiger partial charge on any atom is 0.280 e. The molecule has 0 fully saturated rings. The van der Waals surface area contributed by atoms with E-state index >= 15 is 0 Å². The molecular formula is C29H29FN6O8. The van der Waals surface area contributed by atoms with E-state index in [1.807, 2.05) is 0 Å². The average Bonchev–Trinajstić information content (AvgIpc) is 3.05. The Morgan fingerprint density at radius 1 is 0.773 bits per heavy atom. The van der Waals surface area contributed by atoms with Crippen LogP contribution in [0.5, 0.6) is 34.5 Å². The molecule has 14 nitrogen and oxygen atoms in total. The minimum Gasteiger partial charge on any atom is -0.493 e. The molecule has 44 heavy (non-hydrogen) atoms. The van der Waals surface area contributed by atoms with Gasteiger partial charge >= 0.3 is 0 Å². The van der Waals surface area contributed by atoms with Crippen molar-refractivity contribution in [1.29, 1.82) is 5.41 Å². The van der Waals surface area contributed by atoms with E-state index in [9.17, 15) is 14.0 Å². The first kappa shape index (κ1) is 31.1. The molecule has 230 valence electrons. The summed E-state index contributed by atoms with van der Waals surface area (Å²) in [5.74, 6) is -1.58. The molecule has 3 N–H and O–H groups in total. The predicted octanol–water partition coefficient (Wildman–Crippen LogP) is 3.63. The number of amides is 1. The third-order valence-corrected chi connectivity index (χ3v) is 6.23. The first-order valence-corrected chi connectivity index (χ1v) is 12.7. The summed E-state index contributed by atoms with van der Waals surface area (Å²) >= 11 is 0. The number of ether oxygens (including phenoxy) is 6. The Kier molecular flexibility index (Phi) is 9.47. The quantitative estimate of drug-likeness (QED) is 0.227. The Bertz CT molecular complexity index is 1730. The predicted molar refractivity (Wildman–Crippen MR) is 155 cm³/mol. The van der Waals surface area contributed by atoms with Crippen LogP contribution in [0.4, 0.5) is 21.8 Å². The second-order valence-electron chi connectivity index (χ2n) is 8.74. The van der Waals surface area contributed by atoms with E-state index in [0.29, 0.717) is 4.68 Å². The number of methoxy groups -OCH3 is 6. The largest absolute Gasteiger partial charge is 0.493 e. The monoisotopic (exact) mass is 608 g/mol. The Balaban J connectivity index is 1.84. The number of carbonyl (C=O) groups excluding carboxylic acids is 2.